The van der Waals surface area contributed by atoms with Crippen LogP contribution in [0.25, 0.3) is 0 Å². The van der Waals surface area contributed by atoms with Crippen LogP contribution in [0.15, 0.2) is 48.5 Å². The van der Waals surface area contributed by atoms with Gasteiger partial charge in [-0.15, -0.1) is 0 Å². The second-order valence-electron chi connectivity index (χ2n) is 5.86. The zero-order valence-electron chi connectivity index (χ0n) is 14.9. The number of benzene rings is 2. The van der Waals surface area contributed by atoms with Gasteiger partial charge >= 0.3 is 5.97 Å². The van der Waals surface area contributed by atoms with Gasteiger partial charge in [-0.2, -0.15) is 0 Å². The predicted octanol–water partition coefficient (Wildman–Crippen LogP) is 2.62. The van der Waals surface area contributed by atoms with E-state index in [1.165, 1.54) is 0 Å². The zero-order valence-corrected chi connectivity index (χ0v) is 14.9. The Kier molecular flexibility index (Phi) is 7.02. The number of aliphatic carboxylic acids is 1. The van der Waals surface area contributed by atoms with E-state index in [1.54, 1.807) is 19.2 Å². The van der Waals surface area contributed by atoms with Gasteiger partial charge in [0, 0.05) is 6.54 Å². The van der Waals surface area contributed by atoms with E-state index in [9.17, 15) is 9.59 Å². The standard InChI is InChI=1S/C20H23NO5/c1-14(16-5-9-17(25-2)10-6-16)20(24)21-12-11-15-3-7-18(8-4-15)26-13-19(22)23/h3-10,14H,11-13H2,1-2H3,(H,21,24)(H,22,23). The third-order valence-corrected chi connectivity index (χ3v) is 4.01. The summed E-state index contributed by atoms with van der Waals surface area (Å²) in [5.41, 5.74) is 1.97. The van der Waals surface area contributed by atoms with Crippen LogP contribution in [0.3, 0.4) is 0 Å². The molecule has 0 spiro atoms. The van der Waals surface area contributed by atoms with E-state index in [2.05, 4.69) is 5.32 Å². The lowest BCUT2D eigenvalue weighted by Gasteiger charge is -2.13. The Morgan fingerprint density at radius 2 is 1.65 bits per heavy atom. The molecule has 0 bridgehead atoms. The maximum atomic E-state index is 12.3. The third kappa shape index (κ3) is 5.81. The minimum Gasteiger partial charge on any atom is -0.497 e. The highest BCUT2D eigenvalue weighted by Gasteiger charge is 2.14. The van der Waals surface area contributed by atoms with Crippen molar-refractivity contribution in [3.63, 3.8) is 0 Å². The predicted molar refractivity (Wildman–Crippen MR) is 97.7 cm³/mol. The highest BCUT2D eigenvalue weighted by atomic mass is 16.5. The molecule has 6 heteroatoms. The summed E-state index contributed by atoms with van der Waals surface area (Å²) in [6.45, 7) is 2.03. The molecule has 6 nitrogen and oxygen atoms in total. The van der Waals surface area contributed by atoms with Crippen LogP contribution in [0.2, 0.25) is 0 Å². The van der Waals surface area contributed by atoms with Crippen LogP contribution in [0.4, 0.5) is 0 Å². The number of amides is 1. The SMILES string of the molecule is COc1ccc(C(C)C(=O)NCCc2ccc(OCC(=O)O)cc2)cc1. The van der Waals surface area contributed by atoms with Crippen LogP contribution in [0.1, 0.15) is 24.0 Å². The average Bonchev–Trinajstić information content (AvgIpc) is 2.66. The highest BCUT2D eigenvalue weighted by Crippen LogP contribution is 2.19. The van der Waals surface area contributed by atoms with Crippen molar-refractivity contribution in [2.75, 3.05) is 20.3 Å². The Bertz CT molecular complexity index is 725. The summed E-state index contributed by atoms with van der Waals surface area (Å²) in [4.78, 5) is 22.7. The van der Waals surface area contributed by atoms with Crippen molar-refractivity contribution in [3.05, 3.63) is 59.7 Å². The van der Waals surface area contributed by atoms with Crippen LogP contribution < -0.4 is 14.8 Å². The van der Waals surface area contributed by atoms with Crippen LogP contribution in [0, 0.1) is 0 Å². The monoisotopic (exact) mass is 357 g/mol. The minimum atomic E-state index is -1.01. The lowest BCUT2D eigenvalue weighted by atomic mass is 10.00. The van der Waals surface area contributed by atoms with E-state index in [4.69, 9.17) is 14.6 Å². The van der Waals surface area contributed by atoms with E-state index < -0.39 is 5.97 Å². The van der Waals surface area contributed by atoms with Crippen molar-refractivity contribution in [1.82, 2.24) is 5.32 Å². The highest BCUT2D eigenvalue weighted by molar-refractivity contribution is 5.83. The first-order valence-corrected chi connectivity index (χ1v) is 8.35. The van der Waals surface area contributed by atoms with Gasteiger partial charge in [-0.25, -0.2) is 4.79 Å². The number of carbonyl (C=O) groups excluding carboxylic acids is 1. The first kappa shape index (κ1) is 19.3. The largest absolute Gasteiger partial charge is 0.497 e. The molecule has 138 valence electrons. The number of methoxy groups -OCH3 is 1. The quantitative estimate of drug-likeness (QED) is 0.721. The fraction of sp³-hybridized carbons (Fsp3) is 0.300. The lowest BCUT2D eigenvalue weighted by Crippen LogP contribution is -2.29. The summed E-state index contributed by atoms with van der Waals surface area (Å²) in [6, 6.07) is 14.6. The van der Waals surface area contributed by atoms with Gasteiger partial charge in [0.25, 0.3) is 0 Å². The van der Waals surface area contributed by atoms with Crippen molar-refractivity contribution >= 4 is 11.9 Å². The number of carboxylic acids is 1. The van der Waals surface area contributed by atoms with Crippen LogP contribution in [0.5, 0.6) is 11.5 Å². The number of hydrogen-bond acceptors (Lipinski definition) is 4. The summed E-state index contributed by atoms with van der Waals surface area (Å²) < 4.78 is 10.2. The Labute approximate surface area is 152 Å². The molecule has 26 heavy (non-hydrogen) atoms. The van der Waals surface area contributed by atoms with Gasteiger partial charge in [-0.1, -0.05) is 24.3 Å². The molecule has 0 heterocycles. The molecular formula is C20H23NO5. The Balaban J connectivity index is 1.78. The molecule has 2 N–H and O–H groups in total. The molecule has 0 aliphatic rings. The molecule has 0 fully saturated rings. The summed E-state index contributed by atoms with van der Waals surface area (Å²) in [5.74, 6) is -0.0162. The summed E-state index contributed by atoms with van der Waals surface area (Å²) in [5, 5.41) is 11.5. The lowest BCUT2D eigenvalue weighted by molar-refractivity contribution is -0.139. The van der Waals surface area contributed by atoms with Crippen molar-refractivity contribution in [3.8, 4) is 11.5 Å². The van der Waals surface area contributed by atoms with Crippen LogP contribution in [-0.2, 0) is 16.0 Å². The summed E-state index contributed by atoms with van der Waals surface area (Å²) >= 11 is 0. The number of carbonyl (C=O) groups is 2. The molecule has 0 radical (unpaired) electrons. The normalized spacial score (nSPS) is 11.5. The third-order valence-electron chi connectivity index (χ3n) is 4.01. The number of carboxylic acid groups (broad SMARTS) is 1. The number of rotatable bonds is 9. The maximum absolute atomic E-state index is 12.3. The second-order valence-corrected chi connectivity index (χ2v) is 5.86. The zero-order chi connectivity index (χ0) is 18.9. The van der Waals surface area contributed by atoms with E-state index in [1.807, 2.05) is 43.3 Å². The van der Waals surface area contributed by atoms with Gasteiger partial charge < -0.3 is 19.9 Å². The van der Waals surface area contributed by atoms with Crippen molar-refractivity contribution in [2.24, 2.45) is 0 Å². The van der Waals surface area contributed by atoms with Gasteiger partial charge in [-0.05, 0) is 48.7 Å². The van der Waals surface area contributed by atoms with Gasteiger partial charge in [-0.3, -0.25) is 4.79 Å². The Morgan fingerprint density at radius 3 is 2.23 bits per heavy atom. The fourth-order valence-corrected chi connectivity index (χ4v) is 2.42. The van der Waals surface area contributed by atoms with Crippen LogP contribution in [-0.4, -0.2) is 37.2 Å². The first-order valence-electron chi connectivity index (χ1n) is 8.35. The van der Waals surface area contributed by atoms with Gasteiger partial charge in [0.2, 0.25) is 5.91 Å². The molecule has 0 saturated heterocycles. The molecule has 0 aromatic heterocycles. The molecule has 1 unspecified atom stereocenters. The Hall–Kier alpha value is -3.02. The van der Waals surface area contributed by atoms with Crippen LogP contribution >= 0.6 is 0 Å². The molecule has 0 aliphatic heterocycles. The smallest absolute Gasteiger partial charge is 0.341 e. The number of ether oxygens (including phenoxy) is 2. The van der Waals surface area contributed by atoms with Crippen molar-refractivity contribution in [1.29, 1.82) is 0 Å². The molecule has 2 aromatic carbocycles. The molecule has 0 aliphatic carbocycles. The number of hydrogen-bond donors (Lipinski definition) is 2. The van der Waals surface area contributed by atoms with E-state index in [0.717, 1.165) is 16.9 Å². The van der Waals surface area contributed by atoms with Crippen molar-refractivity contribution in [2.45, 2.75) is 19.3 Å². The Morgan fingerprint density at radius 1 is 1.04 bits per heavy atom. The molecule has 2 rings (SSSR count). The second kappa shape index (κ2) is 9.46. The van der Waals surface area contributed by atoms with Crippen molar-refractivity contribution < 1.29 is 24.2 Å². The molecule has 1 amide bonds. The molecular weight excluding hydrogens is 334 g/mol. The fourth-order valence-electron chi connectivity index (χ4n) is 2.42. The molecule has 1 atom stereocenters. The topological polar surface area (TPSA) is 84.9 Å². The van der Waals surface area contributed by atoms with E-state index in [-0.39, 0.29) is 18.4 Å². The van der Waals surface area contributed by atoms with Gasteiger partial charge in [0.1, 0.15) is 11.5 Å². The van der Waals surface area contributed by atoms with E-state index in [0.29, 0.717) is 18.7 Å². The summed E-state index contributed by atoms with van der Waals surface area (Å²) in [7, 11) is 1.61. The molecule has 2 aromatic rings. The number of nitrogens with one attached hydrogen (secondary N) is 1. The average molecular weight is 357 g/mol. The summed E-state index contributed by atoms with van der Waals surface area (Å²) in [6.07, 6.45) is 0.681. The van der Waals surface area contributed by atoms with E-state index >= 15 is 0 Å². The maximum Gasteiger partial charge on any atom is 0.341 e. The van der Waals surface area contributed by atoms with Gasteiger partial charge in [0.05, 0.1) is 13.0 Å². The van der Waals surface area contributed by atoms with Gasteiger partial charge in [0.15, 0.2) is 6.61 Å². The first-order chi connectivity index (χ1) is 12.5. The molecule has 0 saturated carbocycles. The minimum absolute atomic E-state index is 0.0309.